The van der Waals surface area contributed by atoms with Gasteiger partial charge in [-0.3, -0.25) is 0 Å². The number of nitrogens with zero attached hydrogens (tertiary/aromatic N) is 4. The SMILES string of the molecule is CC(C)c1cc(C(C)C)c(B2c3ccccc3N(c3ccccc3)c3cc(N(c4ccccc4)c4cc(N(c5ccccc5)c5ccccc5)cc(N(c5ccccc5)c5ccccc5)c4)ccc32)c(C(C)C)c1. The van der Waals surface area contributed by atoms with Crippen molar-refractivity contribution < 1.29 is 0 Å². The van der Waals surface area contributed by atoms with Gasteiger partial charge < -0.3 is 19.6 Å². The summed E-state index contributed by atoms with van der Waals surface area (Å²) in [5.41, 5.74) is 21.3. The van der Waals surface area contributed by atoms with Crippen molar-refractivity contribution in [1.29, 1.82) is 0 Å². The molecule has 0 N–H and O–H groups in total. The molecule has 4 nitrogen and oxygen atoms in total. The number of anilines is 12. The Hall–Kier alpha value is -8.54. The van der Waals surface area contributed by atoms with Gasteiger partial charge in [0.05, 0.1) is 17.1 Å². The third-order valence-electron chi connectivity index (χ3n) is 14.5. The van der Waals surface area contributed by atoms with E-state index in [2.05, 4.69) is 316 Å². The second-order valence-electron chi connectivity index (χ2n) is 20.4. The zero-order chi connectivity index (χ0) is 50.7. The summed E-state index contributed by atoms with van der Waals surface area (Å²) in [5, 5.41) is 0. The largest absolute Gasteiger partial charge is 0.311 e. The predicted octanol–water partition coefficient (Wildman–Crippen LogP) is 17.8. The van der Waals surface area contributed by atoms with Crippen LogP contribution in [0.5, 0.6) is 0 Å². The summed E-state index contributed by atoms with van der Waals surface area (Å²) in [6.07, 6.45) is 0. The average Bonchev–Trinajstić information content (AvgIpc) is 3.44. The van der Waals surface area contributed by atoms with Gasteiger partial charge in [-0.25, -0.2) is 0 Å². The van der Waals surface area contributed by atoms with E-state index in [1.165, 1.54) is 38.8 Å². The van der Waals surface area contributed by atoms with Gasteiger partial charge in [-0.15, -0.1) is 0 Å². The van der Waals surface area contributed by atoms with E-state index >= 15 is 0 Å². The maximum Gasteiger partial charge on any atom is 0.247 e. The smallest absolute Gasteiger partial charge is 0.247 e. The Morgan fingerprint density at radius 1 is 0.297 bits per heavy atom. The molecule has 10 aromatic rings. The van der Waals surface area contributed by atoms with Crippen LogP contribution in [0.15, 0.2) is 255 Å². The van der Waals surface area contributed by atoms with Gasteiger partial charge in [0.1, 0.15) is 0 Å². The zero-order valence-corrected chi connectivity index (χ0v) is 43.3. The normalized spacial score (nSPS) is 12.0. The van der Waals surface area contributed by atoms with Crippen molar-refractivity contribution in [2.75, 3.05) is 19.6 Å². The monoisotopic (exact) mass is 959 g/mol. The van der Waals surface area contributed by atoms with Gasteiger partial charge in [0.2, 0.25) is 6.71 Å². The van der Waals surface area contributed by atoms with Crippen LogP contribution in [-0.2, 0) is 0 Å². The first kappa shape index (κ1) is 47.8. The van der Waals surface area contributed by atoms with Crippen LogP contribution in [0.25, 0.3) is 0 Å². The maximum atomic E-state index is 2.51. The predicted molar refractivity (Wildman–Crippen MR) is 319 cm³/mol. The number of para-hydroxylation sites is 7. The maximum absolute atomic E-state index is 2.51. The third kappa shape index (κ3) is 9.27. The van der Waals surface area contributed by atoms with Crippen LogP contribution >= 0.6 is 0 Å². The van der Waals surface area contributed by atoms with E-state index in [9.17, 15) is 0 Å². The summed E-state index contributed by atoms with van der Waals surface area (Å²) in [6, 6.07) is 93.2. The molecule has 0 saturated carbocycles. The minimum atomic E-state index is 0.00179. The van der Waals surface area contributed by atoms with Gasteiger partial charge in [0, 0.05) is 51.2 Å². The molecule has 1 heterocycles. The van der Waals surface area contributed by atoms with Gasteiger partial charge in [-0.2, -0.15) is 0 Å². The van der Waals surface area contributed by atoms with Crippen molar-refractivity contribution in [2.45, 2.75) is 59.3 Å². The summed E-state index contributed by atoms with van der Waals surface area (Å²) in [4.78, 5) is 9.70. The Bertz CT molecular complexity index is 3280. The molecule has 5 heteroatoms. The standard InChI is InChI=1S/C69H63BN4/c1-49(2)52-43-63(50(3)4)69(64(44-52)51(5)6)70-65-39-25-26-40-67(65)74(58-37-23-12-24-38-58)68-48-59(41-42-66(68)70)73(57-35-21-11-22-36-57)62-46-60(71(53-27-13-7-14-28-53)54-29-15-8-16-30-54)45-61(47-62)72(55-31-17-9-18-32-55)56-33-19-10-20-34-56/h7-51H,1-6H3. The summed E-state index contributed by atoms with van der Waals surface area (Å²) in [5.74, 6) is 1.08. The van der Waals surface area contributed by atoms with Crippen molar-refractivity contribution in [3.8, 4) is 0 Å². The lowest BCUT2D eigenvalue weighted by atomic mass is 9.33. The fourth-order valence-electron chi connectivity index (χ4n) is 11.0. The Morgan fingerprint density at radius 2 is 0.649 bits per heavy atom. The molecule has 74 heavy (non-hydrogen) atoms. The number of benzene rings is 10. The molecule has 1 aliphatic heterocycles. The highest BCUT2D eigenvalue weighted by Gasteiger charge is 2.39. The lowest BCUT2D eigenvalue weighted by Gasteiger charge is -2.40. The van der Waals surface area contributed by atoms with E-state index in [4.69, 9.17) is 0 Å². The molecule has 0 fully saturated rings. The van der Waals surface area contributed by atoms with E-state index in [1.807, 2.05) is 0 Å². The molecule has 0 saturated heterocycles. The molecule has 362 valence electrons. The summed E-state index contributed by atoms with van der Waals surface area (Å²) < 4.78 is 0. The molecule has 0 aliphatic carbocycles. The highest BCUT2D eigenvalue weighted by atomic mass is 15.2. The first-order valence-corrected chi connectivity index (χ1v) is 26.3. The van der Waals surface area contributed by atoms with Crippen LogP contribution < -0.4 is 36.0 Å². The van der Waals surface area contributed by atoms with Crippen molar-refractivity contribution >= 4 is 91.3 Å². The van der Waals surface area contributed by atoms with Gasteiger partial charge in [0.25, 0.3) is 0 Å². The van der Waals surface area contributed by atoms with Crippen LogP contribution in [-0.4, -0.2) is 6.71 Å². The Kier molecular flexibility index (Phi) is 13.5. The minimum Gasteiger partial charge on any atom is -0.311 e. The van der Waals surface area contributed by atoms with Crippen LogP contribution in [0.3, 0.4) is 0 Å². The number of hydrogen-bond donors (Lipinski definition) is 0. The Labute approximate surface area is 439 Å². The van der Waals surface area contributed by atoms with E-state index in [0.29, 0.717) is 17.8 Å². The first-order valence-electron chi connectivity index (χ1n) is 26.3. The van der Waals surface area contributed by atoms with Crippen LogP contribution in [0, 0.1) is 0 Å². The quantitative estimate of drug-likeness (QED) is 0.101. The van der Waals surface area contributed by atoms with E-state index < -0.39 is 0 Å². The number of hydrogen-bond acceptors (Lipinski definition) is 4. The van der Waals surface area contributed by atoms with Crippen LogP contribution in [0.4, 0.5) is 68.2 Å². The number of fused-ring (bicyclic) bond motifs is 2. The van der Waals surface area contributed by atoms with Crippen LogP contribution in [0.2, 0.25) is 0 Å². The molecule has 0 atom stereocenters. The highest BCUT2D eigenvalue weighted by molar-refractivity contribution is 6.98. The second-order valence-corrected chi connectivity index (χ2v) is 20.4. The van der Waals surface area contributed by atoms with E-state index in [-0.39, 0.29) is 6.71 Å². The highest BCUT2D eigenvalue weighted by Crippen LogP contribution is 2.47. The fourth-order valence-corrected chi connectivity index (χ4v) is 11.0. The topological polar surface area (TPSA) is 13.0 Å². The molecule has 0 bridgehead atoms. The molecule has 0 radical (unpaired) electrons. The molecule has 10 aromatic carbocycles. The molecular formula is C69H63BN4. The molecule has 0 spiro atoms. The summed E-state index contributed by atoms with van der Waals surface area (Å²) in [6.45, 7) is 14.1. The molecular weight excluding hydrogens is 896 g/mol. The Balaban J connectivity index is 1.20. The lowest BCUT2D eigenvalue weighted by molar-refractivity contribution is 0.812. The van der Waals surface area contributed by atoms with E-state index in [1.54, 1.807) is 0 Å². The molecule has 0 unspecified atom stereocenters. The molecule has 1 aliphatic rings. The van der Waals surface area contributed by atoms with Crippen molar-refractivity contribution in [3.63, 3.8) is 0 Å². The van der Waals surface area contributed by atoms with E-state index in [0.717, 1.165) is 62.6 Å². The summed E-state index contributed by atoms with van der Waals surface area (Å²) in [7, 11) is 0. The second kappa shape index (κ2) is 20.9. The van der Waals surface area contributed by atoms with Gasteiger partial charge in [-0.05, 0) is 155 Å². The van der Waals surface area contributed by atoms with Gasteiger partial charge in [-0.1, -0.05) is 193 Å². The molecule has 0 aromatic heterocycles. The summed E-state index contributed by atoms with van der Waals surface area (Å²) >= 11 is 0. The third-order valence-corrected chi connectivity index (χ3v) is 14.5. The Morgan fingerprint density at radius 3 is 1.04 bits per heavy atom. The van der Waals surface area contributed by atoms with Crippen molar-refractivity contribution in [1.82, 2.24) is 0 Å². The van der Waals surface area contributed by atoms with Crippen LogP contribution in [0.1, 0.15) is 76.0 Å². The fraction of sp³-hybridized carbons (Fsp3) is 0.130. The zero-order valence-electron chi connectivity index (χ0n) is 43.3. The van der Waals surface area contributed by atoms with Gasteiger partial charge >= 0.3 is 0 Å². The van der Waals surface area contributed by atoms with Gasteiger partial charge in [0.15, 0.2) is 0 Å². The van der Waals surface area contributed by atoms with Crippen molar-refractivity contribution in [2.24, 2.45) is 0 Å². The number of rotatable bonds is 14. The lowest BCUT2D eigenvalue weighted by Crippen LogP contribution is -2.59. The average molecular weight is 959 g/mol. The molecule has 0 amide bonds. The first-order chi connectivity index (χ1) is 36.2. The van der Waals surface area contributed by atoms with Crippen molar-refractivity contribution in [3.05, 3.63) is 271 Å². The minimum absolute atomic E-state index is 0.00179. The molecule has 11 rings (SSSR count).